The Kier molecular flexibility index (Phi) is 6.03. The van der Waals surface area contributed by atoms with Crippen molar-refractivity contribution in [3.05, 3.63) is 69.8 Å². The van der Waals surface area contributed by atoms with Gasteiger partial charge in [0, 0.05) is 29.8 Å². The van der Waals surface area contributed by atoms with Gasteiger partial charge >= 0.3 is 0 Å². The van der Waals surface area contributed by atoms with Crippen LogP contribution in [0.2, 0.25) is 0 Å². The van der Waals surface area contributed by atoms with E-state index < -0.39 is 4.92 Å². The van der Waals surface area contributed by atoms with Crippen LogP contribution in [0.1, 0.15) is 34.8 Å². The van der Waals surface area contributed by atoms with Crippen LogP contribution in [0.15, 0.2) is 48.5 Å². The van der Waals surface area contributed by atoms with Gasteiger partial charge in [-0.2, -0.15) is 0 Å². The molecule has 1 N–H and O–H groups in total. The molecule has 7 heteroatoms. The van der Waals surface area contributed by atoms with Crippen molar-refractivity contribution in [3.63, 3.8) is 0 Å². The molecule has 2 aromatic carbocycles. The molecule has 2 aromatic rings. The summed E-state index contributed by atoms with van der Waals surface area (Å²) in [6.45, 7) is 2.34. The number of non-ortho nitro benzene ring substituents is 1. The second-order valence-electron chi connectivity index (χ2n) is 6.52. The number of ether oxygens (including phenoxy) is 1. The molecular formula is C20H23N3O4. The van der Waals surface area contributed by atoms with Gasteiger partial charge in [0.05, 0.1) is 18.1 Å². The minimum Gasteiger partial charge on any atom is -0.496 e. The van der Waals surface area contributed by atoms with Crippen molar-refractivity contribution in [2.75, 3.05) is 26.7 Å². The molecule has 0 radical (unpaired) electrons. The van der Waals surface area contributed by atoms with E-state index in [1.807, 2.05) is 24.3 Å². The molecular weight excluding hydrogens is 346 g/mol. The van der Waals surface area contributed by atoms with E-state index in [9.17, 15) is 14.9 Å². The Morgan fingerprint density at radius 3 is 2.67 bits per heavy atom. The van der Waals surface area contributed by atoms with E-state index in [1.165, 1.54) is 18.2 Å². The number of nitro benzene ring substituents is 1. The van der Waals surface area contributed by atoms with Crippen LogP contribution in [0.5, 0.6) is 5.75 Å². The number of para-hydroxylation sites is 1. The quantitative estimate of drug-likeness (QED) is 0.598. The molecule has 1 atom stereocenters. The third-order valence-electron chi connectivity index (χ3n) is 4.85. The van der Waals surface area contributed by atoms with Crippen molar-refractivity contribution >= 4 is 11.6 Å². The Bertz CT molecular complexity index is 818. The van der Waals surface area contributed by atoms with Crippen molar-refractivity contribution in [1.29, 1.82) is 0 Å². The first-order valence-corrected chi connectivity index (χ1v) is 9.00. The molecule has 7 nitrogen and oxygen atoms in total. The molecule has 0 bridgehead atoms. The third-order valence-corrected chi connectivity index (χ3v) is 4.85. The Labute approximate surface area is 158 Å². The summed E-state index contributed by atoms with van der Waals surface area (Å²) < 4.78 is 5.51. The standard InChI is InChI=1S/C20H23N3O4/c1-27-19-10-3-2-9-17(19)18(22-11-4-5-12-22)14-21-20(24)15-7-6-8-16(13-15)23(25)26/h2-3,6-10,13,18H,4-5,11-12,14H2,1H3,(H,21,24). The fraction of sp³-hybridized carbons (Fsp3) is 0.350. The Balaban J connectivity index is 1.77. The second-order valence-corrected chi connectivity index (χ2v) is 6.52. The number of likely N-dealkylation sites (tertiary alicyclic amines) is 1. The summed E-state index contributed by atoms with van der Waals surface area (Å²) in [5.74, 6) is 0.469. The van der Waals surface area contributed by atoms with Crippen LogP contribution in [0.3, 0.4) is 0 Å². The van der Waals surface area contributed by atoms with Crippen LogP contribution in [0, 0.1) is 10.1 Å². The average Bonchev–Trinajstić information content (AvgIpc) is 3.23. The van der Waals surface area contributed by atoms with Gasteiger partial charge in [0.1, 0.15) is 5.75 Å². The van der Waals surface area contributed by atoms with Gasteiger partial charge in [-0.25, -0.2) is 0 Å². The number of nitrogens with zero attached hydrogens (tertiary/aromatic N) is 2. The predicted molar refractivity (Wildman–Crippen MR) is 102 cm³/mol. The minimum absolute atomic E-state index is 0.00806. The maximum Gasteiger partial charge on any atom is 0.270 e. The predicted octanol–water partition coefficient (Wildman–Crippen LogP) is 3.17. The molecule has 1 heterocycles. The van der Waals surface area contributed by atoms with Crippen molar-refractivity contribution in [1.82, 2.24) is 10.2 Å². The highest BCUT2D eigenvalue weighted by Crippen LogP contribution is 2.31. The molecule has 1 unspecified atom stereocenters. The summed E-state index contributed by atoms with van der Waals surface area (Å²) in [6, 6.07) is 13.6. The first kappa shape index (κ1) is 18.8. The Morgan fingerprint density at radius 1 is 1.22 bits per heavy atom. The van der Waals surface area contributed by atoms with Gasteiger partial charge in [-0.3, -0.25) is 19.8 Å². The molecule has 142 valence electrons. The van der Waals surface area contributed by atoms with Gasteiger partial charge in [0.25, 0.3) is 11.6 Å². The first-order valence-electron chi connectivity index (χ1n) is 9.00. The highest BCUT2D eigenvalue weighted by Gasteiger charge is 2.26. The van der Waals surface area contributed by atoms with E-state index in [4.69, 9.17) is 4.74 Å². The number of hydrogen-bond acceptors (Lipinski definition) is 5. The SMILES string of the molecule is COc1ccccc1C(CNC(=O)c1cccc([N+](=O)[O-])c1)N1CCCC1. The second kappa shape index (κ2) is 8.64. The number of nitro groups is 1. The van der Waals surface area contributed by atoms with Crippen LogP contribution < -0.4 is 10.1 Å². The summed E-state index contributed by atoms with van der Waals surface area (Å²) in [5, 5.41) is 13.9. The molecule has 1 fully saturated rings. The van der Waals surface area contributed by atoms with Crippen molar-refractivity contribution in [2.24, 2.45) is 0 Å². The van der Waals surface area contributed by atoms with Gasteiger partial charge in [0.2, 0.25) is 0 Å². The van der Waals surface area contributed by atoms with Gasteiger partial charge in [-0.05, 0) is 38.1 Å². The van der Waals surface area contributed by atoms with Crippen LogP contribution in [0.25, 0.3) is 0 Å². The molecule has 1 aliphatic heterocycles. The van der Waals surface area contributed by atoms with E-state index >= 15 is 0 Å². The number of amides is 1. The number of methoxy groups -OCH3 is 1. The van der Waals surface area contributed by atoms with Gasteiger partial charge in [0.15, 0.2) is 0 Å². The molecule has 27 heavy (non-hydrogen) atoms. The summed E-state index contributed by atoms with van der Waals surface area (Å²) in [5.41, 5.74) is 1.22. The third kappa shape index (κ3) is 4.43. The van der Waals surface area contributed by atoms with Crippen LogP contribution >= 0.6 is 0 Å². The number of carbonyl (C=O) groups excluding carboxylic acids is 1. The zero-order valence-corrected chi connectivity index (χ0v) is 15.3. The Hall–Kier alpha value is -2.93. The molecule has 3 rings (SSSR count). The molecule has 0 aliphatic carbocycles. The zero-order chi connectivity index (χ0) is 19.2. The van der Waals surface area contributed by atoms with E-state index in [0.29, 0.717) is 6.54 Å². The molecule has 0 aromatic heterocycles. The van der Waals surface area contributed by atoms with Crippen molar-refractivity contribution < 1.29 is 14.5 Å². The summed E-state index contributed by atoms with van der Waals surface area (Å²) in [6.07, 6.45) is 2.26. The van der Waals surface area contributed by atoms with Crippen LogP contribution in [0.4, 0.5) is 5.69 Å². The van der Waals surface area contributed by atoms with E-state index in [-0.39, 0.29) is 23.2 Å². The lowest BCUT2D eigenvalue weighted by molar-refractivity contribution is -0.384. The van der Waals surface area contributed by atoms with Gasteiger partial charge < -0.3 is 10.1 Å². The average molecular weight is 369 g/mol. The number of nitrogens with one attached hydrogen (secondary N) is 1. The first-order chi connectivity index (χ1) is 13.1. The largest absolute Gasteiger partial charge is 0.496 e. The summed E-state index contributed by atoms with van der Waals surface area (Å²) in [4.78, 5) is 25.3. The summed E-state index contributed by atoms with van der Waals surface area (Å²) >= 11 is 0. The van der Waals surface area contributed by atoms with E-state index in [0.717, 1.165) is 37.2 Å². The molecule has 0 spiro atoms. The molecule has 1 aliphatic rings. The minimum atomic E-state index is -0.501. The monoisotopic (exact) mass is 369 g/mol. The number of carbonyl (C=O) groups is 1. The number of benzene rings is 2. The smallest absolute Gasteiger partial charge is 0.270 e. The van der Waals surface area contributed by atoms with Gasteiger partial charge in [-0.15, -0.1) is 0 Å². The maximum absolute atomic E-state index is 12.5. The van der Waals surface area contributed by atoms with E-state index in [2.05, 4.69) is 10.2 Å². The Morgan fingerprint density at radius 2 is 1.96 bits per heavy atom. The summed E-state index contributed by atoms with van der Waals surface area (Å²) in [7, 11) is 1.64. The normalized spacial score (nSPS) is 15.3. The highest BCUT2D eigenvalue weighted by molar-refractivity contribution is 5.94. The van der Waals surface area contributed by atoms with Gasteiger partial charge in [-0.1, -0.05) is 24.3 Å². The lowest BCUT2D eigenvalue weighted by atomic mass is 10.0. The molecule has 1 saturated heterocycles. The molecule has 0 saturated carbocycles. The topological polar surface area (TPSA) is 84.7 Å². The molecule has 1 amide bonds. The fourth-order valence-corrected chi connectivity index (χ4v) is 3.48. The lowest BCUT2D eigenvalue weighted by Crippen LogP contribution is -2.37. The highest BCUT2D eigenvalue weighted by atomic mass is 16.6. The van der Waals surface area contributed by atoms with Crippen molar-refractivity contribution in [2.45, 2.75) is 18.9 Å². The van der Waals surface area contributed by atoms with E-state index in [1.54, 1.807) is 13.2 Å². The number of hydrogen-bond donors (Lipinski definition) is 1. The fourth-order valence-electron chi connectivity index (χ4n) is 3.48. The zero-order valence-electron chi connectivity index (χ0n) is 15.3. The number of rotatable bonds is 7. The maximum atomic E-state index is 12.5. The van der Waals surface area contributed by atoms with Crippen molar-refractivity contribution in [3.8, 4) is 5.75 Å². The van der Waals surface area contributed by atoms with Crippen LogP contribution in [-0.4, -0.2) is 42.5 Å². The lowest BCUT2D eigenvalue weighted by Gasteiger charge is -2.29. The van der Waals surface area contributed by atoms with Crippen LogP contribution in [-0.2, 0) is 0 Å².